The molecule has 1 saturated heterocycles. The topological polar surface area (TPSA) is 83.4 Å². The average molecular weight is 289 g/mol. The lowest BCUT2D eigenvalue weighted by Crippen LogP contribution is -2.47. The molecule has 2 rings (SSSR count). The van der Waals surface area contributed by atoms with Crippen molar-refractivity contribution in [3.63, 3.8) is 0 Å². The minimum absolute atomic E-state index is 0.0726. The SMILES string of the molecule is O=C(c1ccnnc1)N1CCC(C(=O)O)(C(F)(F)F)C1. The lowest BCUT2D eigenvalue weighted by Gasteiger charge is -2.27. The standard InChI is InChI=1S/C11H10F3N3O3/c12-11(13,14)10(9(19)20)2-4-17(6-10)8(18)7-1-3-15-16-5-7/h1,3,5H,2,4,6H2,(H,19,20). The number of nitrogens with zero attached hydrogens (tertiary/aromatic N) is 3. The molecule has 1 amide bonds. The largest absolute Gasteiger partial charge is 0.481 e. The van der Waals surface area contributed by atoms with Crippen molar-refractivity contribution in [2.75, 3.05) is 13.1 Å². The van der Waals surface area contributed by atoms with Crippen molar-refractivity contribution in [3.05, 3.63) is 24.0 Å². The highest BCUT2D eigenvalue weighted by molar-refractivity contribution is 5.94. The third kappa shape index (κ3) is 2.19. The number of likely N-dealkylation sites (tertiary alicyclic amines) is 1. The maximum Gasteiger partial charge on any atom is 0.406 e. The van der Waals surface area contributed by atoms with E-state index in [4.69, 9.17) is 5.11 Å². The van der Waals surface area contributed by atoms with Gasteiger partial charge in [-0.3, -0.25) is 9.59 Å². The van der Waals surface area contributed by atoms with Crippen LogP contribution in [0, 0.1) is 5.41 Å². The predicted molar refractivity (Wildman–Crippen MR) is 58.7 cm³/mol. The Balaban J connectivity index is 2.24. The summed E-state index contributed by atoms with van der Waals surface area (Å²) in [6.07, 6.45) is -3.21. The van der Waals surface area contributed by atoms with E-state index in [-0.39, 0.29) is 12.1 Å². The summed E-state index contributed by atoms with van der Waals surface area (Å²) in [5.41, 5.74) is -2.83. The van der Waals surface area contributed by atoms with Gasteiger partial charge in [0.15, 0.2) is 5.41 Å². The number of aliphatic carboxylic acids is 1. The van der Waals surface area contributed by atoms with Crippen LogP contribution in [0.5, 0.6) is 0 Å². The van der Waals surface area contributed by atoms with Gasteiger partial charge < -0.3 is 10.0 Å². The molecule has 1 aromatic heterocycles. The van der Waals surface area contributed by atoms with E-state index in [1.54, 1.807) is 0 Å². The van der Waals surface area contributed by atoms with Crippen molar-refractivity contribution < 1.29 is 27.9 Å². The third-order valence-corrected chi connectivity index (χ3v) is 3.34. The molecular weight excluding hydrogens is 279 g/mol. The first-order chi connectivity index (χ1) is 9.28. The van der Waals surface area contributed by atoms with E-state index in [0.717, 1.165) is 11.1 Å². The van der Waals surface area contributed by atoms with E-state index in [0.29, 0.717) is 0 Å². The minimum atomic E-state index is -4.91. The molecule has 0 radical (unpaired) electrons. The molecule has 1 aliphatic rings. The number of rotatable bonds is 2. The molecular formula is C11H10F3N3O3. The molecule has 2 heterocycles. The van der Waals surface area contributed by atoms with Gasteiger partial charge in [0.2, 0.25) is 0 Å². The van der Waals surface area contributed by atoms with Gasteiger partial charge in [-0.05, 0) is 12.5 Å². The van der Waals surface area contributed by atoms with Crippen LogP contribution in [0.2, 0.25) is 0 Å². The van der Waals surface area contributed by atoms with Gasteiger partial charge in [0, 0.05) is 13.1 Å². The summed E-state index contributed by atoms with van der Waals surface area (Å²) < 4.78 is 38.9. The summed E-state index contributed by atoms with van der Waals surface area (Å²) in [6, 6.07) is 1.31. The van der Waals surface area contributed by atoms with Crippen molar-refractivity contribution in [2.24, 2.45) is 5.41 Å². The first kappa shape index (κ1) is 14.2. The fourth-order valence-electron chi connectivity index (χ4n) is 2.11. The summed E-state index contributed by atoms with van der Waals surface area (Å²) in [5, 5.41) is 15.8. The van der Waals surface area contributed by atoms with Crippen molar-refractivity contribution in [3.8, 4) is 0 Å². The lowest BCUT2D eigenvalue weighted by molar-refractivity contribution is -0.227. The molecule has 1 atom stereocenters. The minimum Gasteiger partial charge on any atom is -0.481 e. The van der Waals surface area contributed by atoms with Gasteiger partial charge in [-0.15, -0.1) is 0 Å². The fraction of sp³-hybridized carbons (Fsp3) is 0.455. The second-order valence-corrected chi connectivity index (χ2v) is 4.49. The van der Waals surface area contributed by atoms with Crippen LogP contribution in [0.25, 0.3) is 0 Å². The molecule has 0 bridgehead atoms. The third-order valence-electron chi connectivity index (χ3n) is 3.34. The highest BCUT2D eigenvalue weighted by atomic mass is 19.4. The van der Waals surface area contributed by atoms with Crippen LogP contribution in [0.4, 0.5) is 13.2 Å². The zero-order valence-corrected chi connectivity index (χ0v) is 10.1. The van der Waals surface area contributed by atoms with Crippen LogP contribution in [0.3, 0.4) is 0 Å². The van der Waals surface area contributed by atoms with Crippen molar-refractivity contribution >= 4 is 11.9 Å². The van der Waals surface area contributed by atoms with Gasteiger partial charge in [-0.2, -0.15) is 23.4 Å². The van der Waals surface area contributed by atoms with E-state index >= 15 is 0 Å². The Morgan fingerprint density at radius 3 is 2.50 bits per heavy atom. The molecule has 1 aromatic rings. The molecule has 20 heavy (non-hydrogen) atoms. The summed E-state index contributed by atoms with van der Waals surface area (Å²) >= 11 is 0. The monoisotopic (exact) mass is 289 g/mol. The van der Waals surface area contributed by atoms with Crippen LogP contribution in [0.1, 0.15) is 16.8 Å². The van der Waals surface area contributed by atoms with E-state index < -0.39 is 36.4 Å². The molecule has 0 saturated carbocycles. The van der Waals surface area contributed by atoms with E-state index in [1.165, 1.54) is 12.3 Å². The smallest absolute Gasteiger partial charge is 0.406 e. The highest BCUT2D eigenvalue weighted by Crippen LogP contribution is 2.45. The number of alkyl halides is 3. The molecule has 0 aromatic carbocycles. The van der Waals surface area contributed by atoms with Gasteiger partial charge >= 0.3 is 12.1 Å². The number of carbonyl (C=O) groups is 2. The normalized spacial score (nSPS) is 22.9. The molecule has 6 nitrogen and oxygen atoms in total. The first-order valence-electron chi connectivity index (χ1n) is 5.64. The van der Waals surface area contributed by atoms with Crippen LogP contribution in [-0.4, -0.2) is 51.3 Å². The van der Waals surface area contributed by atoms with Crippen LogP contribution >= 0.6 is 0 Å². The Bertz CT molecular complexity index is 535. The summed E-state index contributed by atoms with van der Waals surface area (Å²) in [7, 11) is 0. The van der Waals surface area contributed by atoms with Crippen LogP contribution < -0.4 is 0 Å². The number of hydrogen-bond acceptors (Lipinski definition) is 4. The van der Waals surface area contributed by atoms with Gasteiger partial charge in [0.05, 0.1) is 18.0 Å². The molecule has 1 N–H and O–H groups in total. The molecule has 108 valence electrons. The van der Waals surface area contributed by atoms with Crippen molar-refractivity contribution in [2.45, 2.75) is 12.6 Å². The maximum absolute atomic E-state index is 13.0. The van der Waals surface area contributed by atoms with Crippen LogP contribution in [0.15, 0.2) is 18.5 Å². The number of hydrogen-bond donors (Lipinski definition) is 1. The number of carboxylic acid groups (broad SMARTS) is 1. The molecule has 1 aliphatic heterocycles. The Hall–Kier alpha value is -2.19. The summed E-state index contributed by atoms with van der Waals surface area (Å²) in [6.45, 7) is -1.17. The van der Waals surface area contributed by atoms with Crippen molar-refractivity contribution in [1.29, 1.82) is 0 Å². The quantitative estimate of drug-likeness (QED) is 0.876. The first-order valence-corrected chi connectivity index (χ1v) is 5.64. The maximum atomic E-state index is 13.0. The number of aromatic nitrogens is 2. The Morgan fingerprint density at radius 1 is 1.35 bits per heavy atom. The van der Waals surface area contributed by atoms with Gasteiger partial charge in [0.25, 0.3) is 5.91 Å². The lowest BCUT2D eigenvalue weighted by atomic mass is 9.86. The molecule has 0 aliphatic carbocycles. The zero-order chi connectivity index (χ0) is 15.0. The zero-order valence-electron chi connectivity index (χ0n) is 10.1. The number of halogens is 3. The van der Waals surface area contributed by atoms with E-state index in [2.05, 4.69) is 10.2 Å². The van der Waals surface area contributed by atoms with Crippen LogP contribution in [-0.2, 0) is 4.79 Å². The Labute approximate surface area is 111 Å². The number of amides is 1. The fourth-order valence-corrected chi connectivity index (χ4v) is 2.11. The highest BCUT2D eigenvalue weighted by Gasteiger charge is 2.64. The second-order valence-electron chi connectivity index (χ2n) is 4.49. The van der Waals surface area contributed by atoms with Gasteiger partial charge in [0.1, 0.15) is 0 Å². The molecule has 9 heteroatoms. The second kappa shape index (κ2) is 4.73. The van der Waals surface area contributed by atoms with Gasteiger partial charge in [-0.25, -0.2) is 0 Å². The summed E-state index contributed by atoms with van der Waals surface area (Å²) in [5.74, 6) is -2.65. The molecule has 0 spiro atoms. The number of carbonyl (C=O) groups excluding carboxylic acids is 1. The Kier molecular flexibility index (Phi) is 3.36. The molecule has 1 unspecified atom stereocenters. The number of carboxylic acids is 1. The van der Waals surface area contributed by atoms with E-state index in [9.17, 15) is 22.8 Å². The predicted octanol–water partition coefficient (Wildman–Crippen LogP) is 0.956. The van der Waals surface area contributed by atoms with E-state index in [1.807, 2.05) is 0 Å². The Morgan fingerprint density at radius 2 is 2.05 bits per heavy atom. The van der Waals surface area contributed by atoms with Gasteiger partial charge in [-0.1, -0.05) is 0 Å². The molecule has 1 fully saturated rings. The van der Waals surface area contributed by atoms with Crippen molar-refractivity contribution in [1.82, 2.24) is 15.1 Å². The average Bonchev–Trinajstić information content (AvgIpc) is 2.85. The summed E-state index contributed by atoms with van der Waals surface area (Å²) in [4.78, 5) is 23.9.